The van der Waals surface area contributed by atoms with Gasteiger partial charge in [-0.15, -0.1) is 0 Å². The highest BCUT2D eigenvalue weighted by Crippen LogP contribution is 2.30. The molecular formula is C52H63N9O12S3. The molecule has 4 heterocycles. The van der Waals surface area contributed by atoms with E-state index in [1.165, 1.54) is 78.7 Å². The average molecular weight is 1100 g/mol. The van der Waals surface area contributed by atoms with Gasteiger partial charge in [0.1, 0.15) is 35.3 Å². The summed E-state index contributed by atoms with van der Waals surface area (Å²) in [5, 5.41) is 28.0. The second-order valence-corrected chi connectivity index (χ2v) is 22.2. The lowest BCUT2D eigenvalue weighted by Gasteiger charge is -2.36. The van der Waals surface area contributed by atoms with Crippen molar-refractivity contribution in [2.45, 2.75) is 75.7 Å². The summed E-state index contributed by atoms with van der Waals surface area (Å²) in [5.74, 6) is -9.25. The summed E-state index contributed by atoms with van der Waals surface area (Å²) in [6.45, 7) is 0.622. The van der Waals surface area contributed by atoms with Crippen LogP contribution in [0.2, 0.25) is 0 Å². The number of aromatic hydroxyl groups is 2. The summed E-state index contributed by atoms with van der Waals surface area (Å²) in [7, 11) is 9.17. The molecule has 0 spiro atoms. The molecule has 6 atom stereocenters. The largest absolute Gasteiger partial charge is 0.506 e. The van der Waals surface area contributed by atoms with E-state index in [4.69, 9.17) is 0 Å². The molecule has 2 bridgehead atoms. The smallest absolute Gasteiger partial charge is 0.274 e. The van der Waals surface area contributed by atoms with Crippen molar-refractivity contribution in [3.8, 4) is 11.5 Å². The number of rotatable bonds is 8. The Labute approximate surface area is 452 Å². The number of nitrogens with zero attached hydrogens (tertiary/aromatic N) is 7. The van der Waals surface area contributed by atoms with E-state index in [1.54, 1.807) is 61.7 Å². The molecule has 6 rings (SSSR count). The maximum Gasteiger partial charge on any atom is 0.274 e. The first-order chi connectivity index (χ1) is 36.2. The molecule has 2 aliphatic rings. The number of carbonyl (C=O) groups excluding carboxylic acids is 10. The molecule has 7 amide bonds. The molecule has 6 unspecified atom stereocenters. The van der Waals surface area contributed by atoms with E-state index in [2.05, 4.69) is 20.6 Å². The zero-order valence-electron chi connectivity index (χ0n) is 43.3. The normalized spacial score (nSPS) is 23.0. The van der Waals surface area contributed by atoms with E-state index < -0.39 is 139 Å². The molecular weight excluding hydrogens is 1040 g/mol. The predicted molar refractivity (Wildman–Crippen MR) is 289 cm³/mol. The van der Waals surface area contributed by atoms with Gasteiger partial charge in [0.25, 0.3) is 5.91 Å². The minimum absolute atomic E-state index is 0.0654. The van der Waals surface area contributed by atoms with Crippen LogP contribution >= 0.6 is 33.3 Å². The van der Waals surface area contributed by atoms with E-state index in [-0.39, 0.29) is 47.9 Å². The Hall–Kier alpha value is -6.79. The molecule has 76 heavy (non-hydrogen) atoms. The molecule has 0 radical (unpaired) electrons. The van der Waals surface area contributed by atoms with Crippen LogP contribution in [0.3, 0.4) is 0 Å². The SMILES string of the molecule is CCC1C(=O)CCC(NC(=O)c2nc3ccccc3cc2O)C(=O)CCC(=O)N(C)C2CSSCC(C(=O)N1C)N(C)C(=O)CNC(=O)C(CC(=O)c1nc3ccccc3cc1O)CN(C)C(=O)C(CSC)N(C)C2=O. The number of fused-ring (bicyclic) bond motifs is 7. The van der Waals surface area contributed by atoms with Gasteiger partial charge in [0.05, 0.1) is 35.6 Å². The van der Waals surface area contributed by atoms with Crippen LogP contribution in [0.1, 0.15) is 66.4 Å². The average Bonchev–Trinajstić information content (AvgIpc) is 3.41. The number of aromatic nitrogens is 2. The molecule has 406 valence electrons. The maximum atomic E-state index is 14.8. The van der Waals surface area contributed by atoms with E-state index in [9.17, 15) is 58.2 Å². The van der Waals surface area contributed by atoms with E-state index in [0.717, 1.165) is 26.5 Å². The Bertz CT molecular complexity index is 2910. The number of nitrogens with one attached hydrogen (secondary N) is 2. The van der Waals surface area contributed by atoms with Gasteiger partial charge in [0, 0.05) is 95.5 Å². The van der Waals surface area contributed by atoms with Crippen LogP contribution in [0.5, 0.6) is 11.5 Å². The van der Waals surface area contributed by atoms with Gasteiger partial charge >= 0.3 is 0 Å². The van der Waals surface area contributed by atoms with Crippen molar-refractivity contribution in [2.75, 3.05) is 71.8 Å². The lowest BCUT2D eigenvalue weighted by Crippen LogP contribution is -2.57. The number of pyridine rings is 2. The molecule has 4 aromatic rings. The Balaban J connectivity index is 1.37. The Morgan fingerprint density at radius 3 is 1.82 bits per heavy atom. The third-order valence-electron chi connectivity index (χ3n) is 13.8. The number of benzene rings is 2. The Kier molecular flexibility index (Phi) is 20.2. The van der Waals surface area contributed by atoms with Crippen molar-refractivity contribution in [2.24, 2.45) is 5.92 Å². The fourth-order valence-electron chi connectivity index (χ4n) is 9.10. The summed E-state index contributed by atoms with van der Waals surface area (Å²) in [5.41, 5.74) is 0.104. The summed E-state index contributed by atoms with van der Waals surface area (Å²) < 4.78 is 0. The van der Waals surface area contributed by atoms with Crippen LogP contribution in [0.15, 0.2) is 60.7 Å². The van der Waals surface area contributed by atoms with Gasteiger partial charge in [-0.1, -0.05) is 64.9 Å². The van der Waals surface area contributed by atoms with Gasteiger partial charge in [0.2, 0.25) is 35.4 Å². The third-order valence-corrected chi connectivity index (χ3v) is 16.8. The molecule has 0 aliphatic carbocycles. The first kappa shape index (κ1) is 58.5. The highest BCUT2D eigenvalue weighted by Gasteiger charge is 2.40. The molecule has 2 aliphatic heterocycles. The number of likely N-dealkylation sites (N-methyl/N-ethyl adjacent to an activating group) is 5. The molecule has 2 fully saturated rings. The van der Waals surface area contributed by atoms with Crippen LogP contribution in [0, 0.1) is 5.92 Å². The number of Topliss-reactive ketones (excluding diaryl/α,β-unsaturated/α-hetero) is 3. The summed E-state index contributed by atoms with van der Waals surface area (Å²) in [4.78, 5) is 157. The highest BCUT2D eigenvalue weighted by molar-refractivity contribution is 8.76. The van der Waals surface area contributed by atoms with Crippen LogP contribution in [-0.4, -0.2) is 205 Å². The van der Waals surface area contributed by atoms with Crippen LogP contribution in [0.25, 0.3) is 21.8 Å². The van der Waals surface area contributed by atoms with Gasteiger partial charge in [-0.2, -0.15) is 11.8 Å². The second kappa shape index (κ2) is 26.3. The molecule has 21 nitrogen and oxygen atoms in total. The number of carbonyl (C=O) groups is 10. The standard InChI is InChI=1S/C52H63N9O12S3/c1-8-35-40(63)18-17-34(56-49(70)47-43(66)22-30-14-10-12-16-33(30)55-47)39(62)19-20-44(67)58(3)37-27-75-76-28-38(51(72)60(35)5)59(4)45(68)24-53-48(69)31(25-57(2)50(71)36(26-74-7)61(6)52(37)73)23-42(65)46-41(64)21-29-13-9-11-15-32(29)54-46/h9-16,21-22,31,34-38,64,66H,8,17-20,23-28H2,1-7H3,(H,53,69)(H,56,70). The van der Waals surface area contributed by atoms with Crippen molar-refractivity contribution >= 4 is 114 Å². The summed E-state index contributed by atoms with van der Waals surface area (Å²) >= 11 is 1.25. The van der Waals surface area contributed by atoms with E-state index >= 15 is 0 Å². The molecule has 24 heteroatoms. The van der Waals surface area contributed by atoms with Crippen LogP contribution < -0.4 is 10.6 Å². The van der Waals surface area contributed by atoms with Gasteiger partial charge < -0.3 is 45.3 Å². The summed E-state index contributed by atoms with van der Waals surface area (Å²) in [6.07, 6.45) is -0.215. The quantitative estimate of drug-likeness (QED) is 0.146. The topological polar surface area (TPSA) is 277 Å². The first-order valence-corrected chi connectivity index (χ1v) is 28.4. The number of hydrogen-bond donors (Lipinski definition) is 4. The minimum atomic E-state index is -1.38. The number of para-hydroxylation sites is 2. The third kappa shape index (κ3) is 13.8. The fraction of sp³-hybridized carbons (Fsp3) is 0.462. The van der Waals surface area contributed by atoms with Crippen molar-refractivity contribution in [1.29, 1.82) is 0 Å². The van der Waals surface area contributed by atoms with Gasteiger partial charge in [0.15, 0.2) is 23.0 Å². The monoisotopic (exact) mass is 1100 g/mol. The number of ketones is 3. The maximum absolute atomic E-state index is 14.8. The zero-order chi connectivity index (χ0) is 55.5. The highest BCUT2D eigenvalue weighted by atomic mass is 33.1. The van der Waals surface area contributed by atoms with Crippen LogP contribution in [-0.2, 0) is 38.4 Å². The van der Waals surface area contributed by atoms with Crippen LogP contribution in [0.4, 0.5) is 0 Å². The molecule has 2 saturated heterocycles. The van der Waals surface area contributed by atoms with Crippen molar-refractivity contribution < 1.29 is 58.2 Å². The zero-order valence-corrected chi connectivity index (χ0v) is 45.8. The predicted octanol–water partition coefficient (Wildman–Crippen LogP) is 2.94. The lowest BCUT2D eigenvalue weighted by atomic mass is 9.96. The van der Waals surface area contributed by atoms with Gasteiger partial charge in [-0.3, -0.25) is 47.9 Å². The van der Waals surface area contributed by atoms with Crippen molar-refractivity contribution in [3.63, 3.8) is 0 Å². The molecule has 2 aromatic heterocycles. The molecule has 4 N–H and O–H groups in total. The van der Waals surface area contributed by atoms with E-state index in [1.807, 2.05) is 0 Å². The second-order valence-electron chi connectivity index (χ2n) is 18.8. The number of thioether (sulfide) groups is 1. The summed E-state index contributed by atoms with van der Waals surface area (Å²) in [6, 6.07) is 10.1. The number of amides is 7. The van der Waals surface area contributed by atoms with Gasteiger partial charge in [-0.05, 0) is 43.4 Å². The minimum Gasteiger partial charge on any atom is -0.506 e. The van der Waals surface area contributed by atoms with Crippen molar-refractivity contribution in [3.05, 3.63) is 72.1 Å². The number of hydrogen-bond acceptors (Lipinski definition) is 17. The lowest BCUT2D eigenvalue weighted by molar-refractivity contribution is -0.149. The first-order valence-electron chi connectivity index (χ1n) is 24.5. The molecule has 2 aromatic carbocycles. The van der Waals surface area contributed by atoms with E-state index in [0.29, 0.717) is 21.8 Å². The Morgan fingerprint density at radius 1 is 0.697 bits per heavy atom. The van der Waals surface area contributed by atoms with Gasteiger partial charge in [-0.25, -0.2) is 9.97 Å². The van der Waals surface area contributed by atoms with Crippen molar-refractivity contribution in [1.82, 2.24) is 45.1 Å². The Morgan fingerprint density at radius 2 is 1.24 bits per heavy atom. The fourth-order valence-corrected chi connectivity index (χ4v) is 12.3. The molecule has 0 saturated carbocycles.